The van der Waals surface area contributed by atoms with Crippen LogP contribution in [-0.2, 0) is 0 Å². The van der Waals surface area contributed by atoms with Gasteiger partial charge >= 0.3 is 11.9 Å². The van der Waals surface area contributed by atoms with Crippen LogP contribution in [0.2, 0.25) is 0 Å². The van der Waals surface area contributed by atoms with Gasteiger partial charge in [-0.3, -0.25) is 10.1 Å². The minimum atomic E-state index is -1.42. The van der Waals surface area contributed by atoms with Gasteiger partial charge in [0.25, 0.3) is 5.69 Å². The van der Waals surface area contributed by atoms with Crippen molar-refractivity contribution >= 4 is 39.0 Å². The summed E-state index contributed by atoms with van der Waals surface area (Å²) in [7, 11) is 0. The van der Waals surface area contributed by atoms with Gasteiger partial charge < -0.3 is 10.2 Å². The van der Waals surface area contributed by atoms with Crippen molar-refractivity contribution in [1.29, 1.82) is 0 Å². The Morgan fingerprint density at radius 3 is 2.39 bits per heavy atom. The lowest BCUT2D eigenvalue weighted by atomic mass is 10.1. The molecule has 2 rings (SSSR count). The van der Waals surface area contributed by atoms with Crippen molar-refractivity contribution in [2.45, 2.75) is 0 Å². The topological polar surface area (TPSA) is 118 Å². The molecule has 0 saturated heterocycles. The van der Waals surface area contributed by atoms with Crippen molar-refractivity contribution in [2.24, 2.45) is 0 Å². The first kappa shape index (κ1) is 12.0. The van der Waals surface area contributed by atoms with Gasteiger partial charge in [0, 0.05) is 22.2 Å². The van der Waals surface area contributed by atoms with E-state index in [0.717, 1.165) is 17.4 Å². The van der Waals surface area contributed by atoms with E-state index in [2.05, 4.69) is 0 Å². The summed E-state index contributed by atoms with van der Waals surface area (Å²) >= 11 is 0.778. The molecule has 1 aromatic carbocycles. The maximum absolute atomic E-state index is 11.1. The molecule has 0 fully saturated rings. The second kappa shape index (κ2) is 4.08. The molecule has 7 nitrogen and oxygen atoms in total. The SMILES string of the molecule is O=C(O)c1sc2ccc([N+](=O)[O-])cc2c1C(=O)O. The summed E-state index contributed by atoms with van der Waals surface area (Å²) < 4.78 is 0.385. The fraction of sp³-hybridized carbons (Fsp3) is 0. The maximum Gasteiger partial charge on any atom is 0.346 e. The third kappa shape index (κ3) is 1.78. The zero-order valence-corrected chi connectivity index (χ0v) is 9.43. The number of rotatable bonds is 3. The van der Waals surface area contributed by atoms with Crippen LogP contribution in [0, 0.1) is 10.1 Å². The molecule has 0 unspecified atom stereocenters. The van der Waals surface area contributed by atoms with Crippen LogP contribution in [0.25, 0.3) is 10.1 Å². The lowest BCUT2D eigenvalue weighted by Crippen LogP contribution is -2.04. The number of hydrogen-bond donors (Lipinski definition) is 2. The van der Waals surface area contributed by atoms with Gasteiger partial charge in [-0.2, -0.15) is 0 Å². The van der Waals surface area contributed by atoms with E-state index in [1.54, 1.807) is 0 Å². The Hall–Kier alpha value is -2.48. The smallest absolute Gasteiger partial charge is 0.346 e. The Morgan fingerprint density at radius 1 is 1.22 bits per heavy atom. The lowest BCUT2D eigenvalue weighted by molar-refractivity contribution is -0.384. The van der Waals surface area contributed by atoms with Crippen LogP contribution in [0.3, 0.4) is 0 Å². The van der Waals surface area contributed by atoms with E-state index in [0.29, 0.717) is 4.70 Å². The van der Waals surface area contributed by atoms with Crippen molar-refractivity contribution in [2.75, 3.05) is 0 Å². The summed E-state index contributed by atoms with van der Waals surface area (Å²) in [5.41, 5.74) is -0.689. The molecule has 1 heterocycles. The quantitative estimate of drug-likeness (QED) is 0.650. The van der Waals surface area contributed by atoms with Crippen molar-refractivity contribution in [3.8, 4) is 0 Å². The van der Waals surface area contributed by atoms with E-state index in [1.165, 1.54) is 12.1 Å². The fourth-order valence-electron chi connectivity index (χ4n) is 1.56. The number of thiophene rings is 1. The highest BCUT2D eigenvalue weighted by atomic mass is 32.1. The number of carboxylic acids is 2. The molecule has 1 aromatic heterocycles. The van der Waals surface area contributed by atoms with Crippen LogP contribution in [0.15, 0.2) is 18.2 Å². The summed E-state index contributed by atoms with van der Waals surface area (Å²) in [5, 5.41) is 28.6. The summed E-state index contributed by atoms with van der Waals surface area (Å²) in [6, 6.07) is 3.62. The second-order valence-corrected chi connectivity index (χ2v) is 4.41. The Kier molecular flexibility index (Phi) is 2.71. The molecule has 18 heavy (non-hydrogen) atoms. The monoisotopic (exact) mass is 267 g/mol. The van der Waals surface area contributed by atoms with Crippen LogP contribution in [0.1, 0.15) is 20.0 Å². The number of fused-ring (bicyclic) bond motifs is 1. The van der Waals surface area contributed by atoms with E-state index >= 15 is 0 Å². The first-order valence-corrected chi connectivity index (χ1v) is 5.41. The molecule has 0 aliphatic rings. The number of nitro benzene ring substituents is 1. The number of benzene rings is 1. The van der Waals surface area contributed by atoms with E-state index in [1.807, 2.05) is 0 Å². The van der Waals surface area contributed by atoms with E-state index in [-0.39, 0.29) is 16.0 Å². The fourth-order valence-corrected chi connectivity index (χ4v) is 2.58. The third-order valence-corrected chi connectivity index (χ3v) is 3.45. The number of aromatic carboxylic acids is 2. The summed E-state index contributed by atoms with van der Waals surface area (Å²) in [4.78, 5) is 31.6. The van der Waals surface area contributed by atoms with Gasteiger partial charge in [-0.05, 0) is 6.07 Å². The van der Waals surface area contributed by atoms with Gasteiger partial charge in [0.05, 0.1) is 10.5 Å². The van der Waals surface area contributed by atoms with Crippen LogP contribution in [0.4, 0.5) is 5.69 Å². The van der Waals surface area contributed by atoms with Gasteiger partial charge in [-0.25, -0.2) is 9.59 Å². The van der Waals surface area contributed by atoms with Crippen LogP contribution >= 0.6 is 11.3 Å². The van der Waals surface area contributed by atoms with Gasteiger partial charge in [-0.15, -0.1) is 11.3 Å². The second-order valence-electron chi connectivity index (χ2n) is 3.35. The van der Waals surface area contributed by atoms with Crippen molar-refractivity contribution in [3.63, 3.8) is 0 Å². The van der Waals surface area contributed by atoms with Gasteiger partial charge in [0.1, 0.15) is 4.88 Å². The highest BCUT2D eigenvalue weighted by molar-refractivity contribution is 7.21. The number of carbonyl (C=O) groups is 2. The molecule has 0 bridgehead atoms. The minimum absolute atomic E-state index is 0.0686. The van der Waals surface area contributed by atoms with E-state index in [4.69, 9.17) is 10.2 Å². The largest absolute Gasteiger partial charge is 0.478 e. The van der Waals surface area contributed by atoms with Gasteiger partial charge in [-0.1, -0.05) is 0 Å². The van der Waals surface area contributed by atoms with Gasteiger partial charge in [0.2, 0.25) is 0 Å². The third-order valence-electron chi connectivity index (χ3n) is 2.29. The lowest BCUT2D eigenvalue weighted by Gasteiger charge is -1.95. The first-order chi connectivity index (χ1) is 8.41. The molecule has 0 atom stereocenters. The Balaban J connectivity index is 2.84. The van der Waals surface area contributed by atoms with Crippen LogP contribution in [-0.4, -0.2) is 27.1 Å². The maximum atomic E-state index is 11.1. The average molecular weight is 267 g/mol. The number of hydrogen-bond acceptors (Lipinski definition) is 5. The molecule has 0 aliphatic heterocycles. The summed E-state index contributed by atoms with van der Waals surface area (Å²) in [5.74, 6) is -2.78. The zero-order chi connectivity index (χ0) is 13.4. The molecule has 0 spiro atoms. The van der Waals surface area contributed by atoms with Crippen molar-refractivity contribution < 1.29 is 24.7 Å². The molecule has 2 aromatic rings. The molecule has 0 amide bonds. The minimum Gasteiger partial charge on any atom is -0.478 e. The Bertz CT molecular complexity index is 689. The molecule has 0 radical (unpaired) electrons. The molecule has 2 N–H and O–H groups in total. The normalized spacial score (nSPS) is 10.4. The average Bonchev–Trinajstić information content (AvgIpc) is 2.66. The van der Waals surface area contributed by atoms with Crippen molar-refractivity contribution in [3.05, 3.63) is 38.8 Å². The number of nitro groups is 1. The Morgan fingerprint density at radius 2 is 1.89 bits per heavy atom. The predicted octanol–water partition coefficient (Wildman–Crippen LogP) is 2.21. The molecular weight excluding hydrogens is 262 g/mol. The zero-order valence-electron chi connectivity index (χ0n) is 8.61. The van der Waals surface area contributed by atoms with Gasteiger partial charge in [0.15, 0.2) is 0 Å². The number of carboxylic acid groups (broad SMARTS) is 2. The number of non-ortho nitro benzene ring substituents is 1. The van der Waals surface area contributed by atoms with Crippen molar-refractivity contribution in [1.82, 2.24) is 0 Å². The Labute approximate surface area is 103 Å². The first-order valence-electron chi connectivity index (χ1n) is 4.59. The standard InChI is InChI=1S/C10H5NO6S/c12-9(13)7-5-3-4(11(16)17)1-2-6(5)18-8(7)10(14)15/h1-3H,(H,12,13)(H,14,15). The number of nitrogens with zero attached hydrogens (tertiary/aromatic N) is 1. The molecule has 0 saturated carbocycles. The highest BCUT2D eigenvalue weighted by Crippen LogP contribution is 2.33. The van der Waals surface area contributed by atoms with Crippen LogP contribution in [0.5, 0.6) is 0 Å². The van der Waals surface area contributed by atoms with Crippen LogP contribution < -0.4 is 0 Å². The summed E-state index contributed by atoms with van der Waals surface area (Å²) in [6.07, 6.45) is 0. The van der Waals surface area contributed by atoms with E-state index in [9.17, 15) is 19.7 Å². The van der Waals surface area contributed by atoms with E-state index < -0.39 is 22.4 Å². The summed E-state index contributed by atoms with van der Waals surface area (Å²) in [6.45, 7) is 0. The highest BCUT2D eigenvalue weighted by Gasteiger charge is 2.24. The molecule has 0 aliphatic carbocycles. The predicted molar refractivity (Wildman–Crippen MR) is 62.4 cm³/mol. The molecular formula is C10H5NO6S. The molecule has 92 valence electrons. The molecule has 8 heteroatoms.